The van der Waals surface area contributed by atoms with Crippen molar-refractivity contribution in [1.29, 1.82) is 0 Å². The minimum Gasteiger partial charge on any atom is -0.328 e. The second-order valence-corrected chi connectivity index (χ2v) is 4.91. The van der Waals surface area contributed by atoms with Crippen LogP contribution >= 0.6 is 0 Å². The molecule has 3 heteroatoms. The van der Waals surface area contributed by atoms with Crippen LogP contribution in [0.3, 0.4) is 0 Å². The second-order valence-electron chi connectivity index (χ2n) is 4.91. The lowest BCUT2D eigenvalue weighted by Gasteiger charge is -2.01. The molecule has 0 aliphatic heterocycles. The summed E-state index contributed by atoms with van der Waals surface area (Å²) in [6.07, 6.45) is 3.15. The van der Waals surface area contributed by atoms with Gasteiger partial charge in [-0.25, -0.2) is 0 Å². The molecule has 1 unspecified atom stereocenters. The Morgan fingerprint density at radius 2 is 2.00 bits per heavy atom. The Morgan fingerprint density at radius 1 is 1.28 bits per heavy atom. The third-order valence-corrected chi connectivity index (χ3v) is 2.96. The van der Waals surface area contributed by atoms with E-state index in [1.54, 1.807) is 0 Å². The number of aryl methyl sites for hydroxylation is 1. The molecule has 1 atom stereocenters. The molecular weight excluding hydrogens is 222 g/mol. The summed E-state index contributed by atoms with van der Waals surface area (Å²) in [6, 6.07) is 10.9. The molecule has 3 nitrogen and oxygen atoms in total. The lowest BCUT2D eigenvalue weighted by Crippen LogP contribution is -2.17. The molecule has 2 aromatic rings. The summed E-state index contributed by atoms with van der Waals surface area (Å²) in [5.74, 6) is 0. The average molecular weight is 243 g/mol. The Morgan fingerprint density at radius 3 is 2.61 bits per heavy atom. The molecule has 1 aromatic heterocycles. The van der Waals surface area contributed by atoms with E-state index in [1.165, 1.54) is 12.0 Å². The Kier molecular flexibility index (Phi) is 4.15. The number of rotatable bonds is 5. The van der Waals surface area contributed by atoms with E-state index in [0.717, 1.165) is 29.8 Å². The highest BCUT2D eigenvalue weighted by Gasteiger charge is 2.05. The Balaban J connectivity index is 2.13. The maximum atomic E-state index is 5.78. The first-order valence-corrected chi connectivity index (χ1v) is 6.58. The number of H-pyrrole nitrogens is 1. The third-order valence-electron chi connectivity index (χ3n) is 2.96. The molecule has 0 radical (unpaired) electrons. The van der Waals surface area contributed by atoms with Crippen molar-refractivity contribution in [2.45, 2.75) is 39.2 Å². The zero-order valence-corrected chi connectivity index (χ0v) is 11.1. The fourth-order valence-electron chi connectivity index (χ4n) is 2.09. The second kappa shape index (κ2) is 5.83. The molecule has 1 aromatic carbocycles. The summed E-state index contributed by atoms with van der Waals surface area (Å²) in [5.41, 5.74) is 10.4. The average Bonchev–Trinajstić information content (AvgIpc) is 2.78. The van der Waals surface area contributed by atoms with Crippen LogP contribution in [0.5, 0.6) is 0 Å². The molecule has 3 N–H and O–H groups in total. The van der Waals surface area contributed by atoms with Crippen molar-refractivity contribution in [2.24, 2.45) is 5.73 Å². The van der Waals surface area contributed by atoms with E-state index in [0.29, 0.717) is 0 Å². The predicted octanol–water partition coefficient (Wildman–Crippen LogP) is 2.92. The number of aromatic amines is 1. The van der Waals surface area contributed by atoms with Crippen LogP contribution in [0.1, 0.15) is 31.5 Å². The minimum absolute atomic E-state index is 0.158. The van der Waals surface area contributed by atoms with Gasteiger partial charge < -0.3 is 5.73 Å². The van der Waals surface area contributed by atoms with Crippen molar-refractivity contribution in [3.63, 3.8) is 0 Å². The van der Waals surface area contributed by atoms with E-state index in [4.69, 9.17) is 5.73 Å². The highest BCUT2D eigenvalue weighted by molar-refractivity contribution is 5.59. The smallest absolute Gasteiger partial charge is 0.0923 e. The summed E-state index contributed by atoms with van der Waals surface area (Å²) in [5, 5.41) is 7.38. The van der Waals surface area contributed by atoms with Gasteiger partial charge in [0.25, 0.3) is 0 Å². The van der Waals surface area contributed by atoms with Crippen molar-refractivity contribution in [3.8, 4) is 11.3 Å². The van der Waals surface area contributed by atoms with Crippen molar-refractivity contribution < 1.29 is 0 Å². The van der Waals surface area contributed by atoms with Gasteiger partial charge in [-0.3, -0.25) is 5.10 Å². The standard InChI is InChI=1S/C15H21N3/c1-3-4-12-5-7-13(8-6-12)15-10-14(17-18-15)9-11(2)16/h5-8,10-11H,3-4,9,16H2,1-2H3,(H,17,18). The van der Waals surface area contributed by atoms with Gasteiger partial charge in [-0.2, -0.15) is 5.10 Å². The van der Waals surface area contributed by atoms with Gasteiger partial charge in [0.1, 0.15) is 0 Å². The summed E-state index contributed by atoms with van der Waals surface area (Å²) >= 11 is 0. The van der Waals surface area contributed by atoms with Gasteiger partial charge in [0, 0.05) is 23.7 Å². The minimum atomic E-state index is 0.158. The van der Waals surface area contributed by atoms with Crippen LogP contribution in [0.4, 0.5) is 0 Å². The SMILES string of the molecule is CCCc1ccc(-c2cc(CC(C)N)[nH]n2)cc1. The molecule has 0 saturated heterocycles. The molecule has 0 aliphatic carbocycles. The largest absolute Gasteiger partial charge is 0.328 e. The van der Waals surface area contributed by atoms with Crippen molar-refractivity contribution >= 4 is 0 Å². The molecular formula is C15H21N3. The van der Waals surface area contributed by atoms with E-state index in [2.05, 4.69) is 47.5 Å². The van der Waals surface area contributed by atoms with Gasteiger partial charge in [0.2, 0.25) is 0 Å². The number of nitrogens with two attached hydrogens (primary N) is 1. The predicted molar refractivity (Wildman–Crippen MR) is 75.4 cm³/mol. The molecule has 18 heavy (non-hydrogen) atoms. The molecule has 0 saturated carbocycles. The molecule has 0 amide bonds. The molecule has 0 fully saturated rings. The van der Waals surface area contributed by atoms with E-state index in [-0.39, 0.29) is 6.04 Å². The summed E-state index contributed by atoms with van der Waals surface area (Å²) in [7, 11) is 0. The van der Waals surface area contributed by atoms with Crippen LogP contribution in [0, 0.1) is 0 Å². The maximum Gasteiger partial charge on any atom is 0.0923 e. The van der Waals surface area contributed by atoms with Crippen LogP contribution in [0.25, 0.3) is 11.3 Å². The topological polar surface area (TPSA) is 54.7 Å². The fourth-order valence-corrected chi connectivity index (χ4v) is 2.09. The van der Waals surface area contributed by atoms with Crippen molar-refractivity contribution in [3.05, 3.63) is 41.6 Å². The quantitative estimate of drug-likeness (QED) is 0.848. The third kappa shape index (κ3) is 3.20. The lowest BCUT2D eigenvalue weighted by molar-refractivity contribution is 0.719. The van der Waals surface area contributed by atoms with Gasteiger partial charge in [0.05, 0.1) is 5.69 Å². The number of aromatic nitrogens is 2. The molecule has 1 heterocycles. The zero-order valence-electron chi connectivity index (χ0n) is 11.1. The monoisotopic (exact) mass is 243 g/mol. The first kappa shape index (κ1) is 12.8. The maximum absolute atomic E-state index is 5.78. The van der Waals surface area contributed by atoms with Gasteiger partial charge in [-0.15, -0.1) is 0 Å². The molecule has 0 bridgehead atoms. The lowest BCUT2D eigenvalue weighted by atomic mass is 10.1. The van der Waals surface area contributed by atoms with Gasteiger partial charge in [0.15, 0.2) is 0 Å². The highest BCUT2D eigenvalue weighted by Crippen LogP contribution is 2.19. The number of nitrogens with zero attached hydrogens (tertiary/aromatic N) is 1. The van der Waals surface area contributed by atoms with Crippen LogP contribution in [-0.4, -0.2) is 16.2 Å². The number of hydrogen-bond acceptors (Lipinski definition) is 2. The first-order valence-electron chi connectivity index (χ1n) is 6.58. The summed E-state index contributed by atoms with van der Waals surface area (Å²) in [4.78, 5) is 0. The number of hydrogen-bond donors (Lipinski definition) is 2. The van der Waals surface area contributed by atoms with Crippen molar-refractivity contribution in [1.82, 2.24) is 10.2 Å². The van der Waals surface area contributed by atoms with Gasteiger partial charge in [-0.05, 0) is 25.0 Å². The van der Waals surface area contributed by atoms with E-state index in [9.17, 15) is 0 Å². The molecule has 0 aliphatic rings. The van der Waals surface area contributed by atoms with E-state index in [1.807, 2.05) is 6.92 Å². The molecule has 2 rings (SSSR count). The van der Waals surface area contributed by atoms with E-state index < -0.39 is 0 Å². The molecule has 0 spiro atoms. The van der Waals surface area contributed by atoms with E-state index >= 15 is 0 Å². The number of nitrogens with one attached hydrogen (secondary N) is 1. The normalized spacial score (nSPS) is 12.6. The van der Waals surface area contributed by atoms with Crippen molar-refractivity contribution in [2.75, 3.05) is 0 Å². The Hall–Kier alpha value is -1.61. The van der Waals surface area contributed by atoms with Gasteiger partial charge >= 0.3 is 0 Å². The number of benzene rings is 1. The molecule has 96 valence electrons. The van der Waals surface area contributed by atoms with Crippen LogP contribution < -0.4 is 5.73 Å². The fraction of sp³-hybridized carbons (Fsp3) is 0.400. The summed E-state index contributed by atoms with van der Waals surface area (Å²) < 4.78 is 0. The highest BCUT2D eigenvalue weighted by atomic mass is 15.1. The van der Waals surface area contributed by atoms with Crippen LogP contribution in [-0.2, 0) is 12.8 Å². The zero-order chi connectivity index (χ0) is 13.0. The van der Waals surface area contributed by atoms with Gasteiger partial charge in [-0.1, -0.05) is 37.6 Å². The first-order chi connectivity index (χ1) is 8.69. The Labute approximate surface area is 108 Å². The Bertz CT molecular complexity index is 483. The van der Waals surface area contributed by atoms with Crippen LogP contribution in [0.2, 0.25) is 0 Å². The summed E-state index contributed by atoms with van der Waals surface area (Å²) in [6.45, 7) is 4.20. The van der Waals surface area contributed by atoms with Crippen LogP contribution in [0.15, 0.2) is 30.3 Å².